The summed E-state index contributed by atoms with van der Waals surface area (Å²) >= 11 is 0. The monoisotopic (exact) mass is 194 g/mol. The quantitative estimate of drug-likeness (QED) is 0.656. The Balaban J connectivity index is 1.97. The Bertz CT molecular complexity index is 242. The van der Waals surface area contributed by atoms with Gasteiger partial charge in [0.25, 0.3) is 0 Å². The van der Waals surface area contributed by atoms with Gasteiger partial charge in [-0.15, -0.1) is 0 Å². The fourth-order valence-corrected chi connectivity index (χ4v) is 5.58. The fourth-order valence-electron chi connectivity index (χ4n) is 5.58. The van der Waals surface area contributed by atoms with Crippen LogP contribution in [0.3, 0.4) is 0 Å². The maximum Gasteiger partial charge on any atom is 0.0524 e. The molecule has 0 aromatic heterocycles. The van der Waals surface area contributed by atoms with Gasteiger partial charge in [-0.2, -0.15) is 0 Å². The summed E-state index contributed by atoms with van der Waals surface area (Å²) in [5, 5.41) is 0. The topological polar surface area (TPSA) is 9.23 Å². The Hall–Kier alpha value is -0.0400. The number of hydrogen-bond acceptors (Lipinski definition) is 1. The van der Waals surface area contributed by atoms with E-state index in [1.807, 2.05) is 7.11 Å². The second-order valence-corrected chi connectivity index (χ2v) is 6.00. The Morgan fingerprint density at radius 2 is 1.71 bits per heavy atom. The first-order chi connectivity index (χ1) is 6.69. The van der Waals surface area contributed by atoms with Crippen LogP contribution in [-0.2, 0) is 4.74 Å². The van der Waals surface area contributed by atoms with E-state index in [0.29, 0.717) is 10.8 Å². The van der Waals surface area contributed by atoms with E-state index in [1.165, 1.54) is 25.7 Å². The van der Waals surface area contributed by atoms with E-state index in [-0.39, 0.29) is 0 Å². The lowest BCUT2D eigenvalue weighted by atomic mass is 9.75. The van der Waals surface area contributed by atoms with E-state index in [1.54, 1.807) is 0 Å². The van der Waals surface area contributed by atoms with E-state index in [4.69, 9.17) is 4.74 Å². The van der Waals surface area contributed by atoms with Crippen LogP contribution in [0.1, 0.15) is 39.5 Å². The Morgan fingerprint density at radius 1 is 1.14 bits per heavy atom. The van der Waals surface area contributed by atoms with Crippen molar-refractivity contribution in [3.63, 3.8) is 0 Å². The number of hydrogen-bond donors (Lipinski definition) is 0. The van der Waals surface area contributed by atoms with Crippen molar-refractivity contribution in [1.82, 2.24) is 0 Å². The van der Waals surface area contributed by atoms with Crippen LogP contribution in [0.2, 0.25) is 0 Å². The highest BCUT2D eigenvalue weighted by Gasteiger charge is 2.77. The van der Waals surface area contributed by atoms with E-state index in [9.17, 15) is 0 Å². The predicted molar refractivity (Wildman–Crippen MR) is 57.0 cm³/mol. The van der Waals surface area contributed by atoms with Crippen LogP contribution in [0.4, 0.5) is 0 Å². The molecule has 1 heteroatoms. The van der Waals surface area contributed by atoms with E-state index in [0.717, 1.165) is 24.4 Å². The van der Waals surface area contributed by atoms with E-state index in [2.05, 4.69) is 13.8 Å². The molecule has 2 atom stereocenters. The molecule has 0 N–H and O–H groups in total. The third-order valence-corrected chi connectivity index (χ3v) is 6.11. The molecular formula is C13H22O. The molecule has 14 heavy (non-hydrogen) atoms. The minimum atomic E-state index is 0.589. The molecule has 3 saturated carbocycles. The van der Waals surface area contributed by atoms with Crippen molar-refractivity contribution in [1.29, 1.82) is 0 Å². The first kappa shape index (κ1) is 9.21. The SMILES string of the molecule is COCC12CCC(CC1)C21C(C)C1C. The molecule has 0 aliphatic heterocycles. The molecule has 3 aliphatic carbocycles. The summed E-state index contributed by atoms with van der Waals surface area (Å²) < 4.78 is 5.52. The van der Waals surface area contributed by atoms with Crippen LogP contribution >= 0.6 is 0 Å². The zero-order valence-corrected chi connectivity index (χ0v) is 9.68. The Morgan fingerprint density at radius 3 is 2.14 bits per heavy atom. The van der Waals surface area contributed by atoms with Crippen molar-refractivity contribution >= 4 is 0 Å². The highest BCUT2D eigenvalue weighted by atomic mass is 16.5. The molecule has 0 aromatic carbocycles. The lowest BCUT2D eigenvalue weighted by Crippen LogP contribution is -2.31. The molecule has 0 aromatic rings. The van der Waals surface area contributed by atoms with Gasteiger partial charge in [-0.05, 0) is 48.9 Å². The van der Waals surface area contributed by atoms with Crippen LogP contribution in [0.5, 0.6) is 0 Å². The number of ether oxygens (including phenoxy) is 1. The van der Waals surface area contributed by atoms with Gasteiger partial charge in [0, 0.05) is 12.5 Å². The first-order valence-corrected chi connectivity index (χ1v) is 6.18. The van der Waals surface area contributed by atoms with Gasteiger partial charge in [0.1, 0.15) is 0 Å². The summed E-state index contributed by atoms with van der Waals surface area (Å²) in [6, 6.07) is 0. The van der Waals surface area contributed by atoms with Crippen molar-refractivity contribution in [2.75, 3.05) is 13.7 Å². The van der Waals surface area contributed by atoms with Crippen molar-refractivity contribution < 1.29 is 4.74 Å². The normalized spacial score (nSPS) is 59.8. The average Bonchev–Trinajstić information content (AvgIpc) is 2.57. The predicted octanol–water partition coefficient (Wildman–Crippen LogP) is 3.10. The highest BCUT2D eigenvalue weighted by molar-refractivity contribution is 5.25. The van der Waals surface area contributed by atoms with Crippen molar-refractivity contribution in [3.8, 4) is 0 Å². The molecule has 3 aliphatic rings. The van der Waals surface area contributed by atoms with Crippen molar-refractivity contribution in [3.05, 3.63) is 0 Å². The third kappa shape index (κ3) is 0.711. The van der Waals surface area contributed by atoms with Crippen LogP contribution in [0, 0.1) is 28.6 Å². The zero-order chi connectivity index (χ0) is 9.97. The van der Waals surface area contributed by atoms with Gasteiger partial charge in [0.2, 0.25) is 0 Å². The fraction of sp³-hybridized carbons (Fsp3) is 1.00. The minimum Gasteiger partial charge on any atom is -0.384 e. The molecule has 2 unspecified atom stereocenters. The maximum absolute atomic E-state index is 5.52. The third-order valence-electron chi connectivity index (χ3n) is 6.11. The number of methoxy groups -OCH3 is 1. The summed E-state index contributed by atoms with van der Waals surface area (Å²) in [5.74, 6) is 2.97. The standard InChI is InChI=1S/C13H22O/c1-9-10(2)13(9)11-4-6-12(13,7-5-11)8-14-3/h9-11H,4-8H2,1-3H3. The Kier molecular flexibility index (Phi) is 1.68. The second kappa shape index (κ2) is 2.55. The van der Waals surface area contributed by atoms with Gasteiger partial charge >= 0.3 is 0 Å². The maximum atomic E-state index is 5.52. The molecule has 3 rings (SSSR count). The lowest BCUT2D eigenvalue weighted by Gasteiger charge is -2.32. The van der Waals surface area contributed by atoms with Gasteiger partial charge in [-0.1, -0.05) is 13.8 Å². The molecule has 0 saturated heterocycles. The average molecular weight is 194 g/mol. The van der Waals surface area contributed by atoms with Crippen LogP contribution < -0.4 is 0 Å². The smallest absolute Gasteiger partial charge is 0.0524 e. The van der Waals surface area contributed by atoms with Gasteiger partial charge < -0.3 is 4.74 Å². The van der Waals surface area contributed by atoms with Crippen molar-refractivity contribution in [2.45, 2.75) is 39.5 Å². The van der Waals surface area contributed by atoms with E-state index >= 15 is 0 Å². The highest BCUT2D eigenvalue weighted by Crippen LogP contribution is 2.82. The molecule has 1 spiro atoms. The second-order valence-electron chi connectivity index (χ2n) is 6.00. The first-order valence-electron chi connectivity index (χ1n) is 6.18. The minimum absolute atomic E-state index is 0.589. The largest absolute Gasteiger partial charge is 0.384 e. The van der Waals surface area contributed by atoms with Gasteiger partial charge in [-0.3, -0.25) is 0 Å². The molecular weight excluding hydrogens is 172 g/mol. The summed E-state index contributed by atoms with van der Waals surface area (Å²) in [6.07, 6.45) is 5.86. The lowest BCUT2D eigenvalue weighted by molar-refractivity contribution is 0.0386. The molecule has 2 bridgehead atoms. The molecule has 0 radical (unpaired) electrons. The zero-order valence-electron chi connectivity index (χ0n) is 9.68. The Labute approximate surface area is 87.2 Å². The number of rotatable bonds is 2. The summed E-state index contributed by atoms with van der Waals surface area (Å²) in [4.78, 5) is 0. The summed E-state index contributed by atoms with van der Waals surface area (Å²) in [7, 11) is 1.88. The van der Waals surface area contributed by atoms with Gasteiger partial charge in [0.05, 0.1) is 6.61 Å². The molecule has 80 valence electrons. The summed E-state index contributed by atoms with van der Waals surface area (Å²) in [6.45, 7) is 5.97. The molecule has 3 fully saturated rings. The molecule has 0 heterocycles. The van der Waals surface area contributed by atoms with Crippen molar-refractivity contribution in [2.24, 2.45) is 28.6 Å². The van der Waals surface area contributed by atoms with Crippen LogP contribution in [0.25, 0.3) is 0 Å². The van der Waals surface area contributed by atoms with Crippen LogP contribution in [-0.4, -0.2) is 13.7 Å². The van der Waals surface area contributed by atoms with Gasteiger partial charge in [-0.25, -0.2) is 0 Å². The molecule has 0 amide bonds. The van der Waals surface area contributed by atoms with Crippen LogP contribution in [0.15, 0.2) is 0 Å². The molecule has 1 nitrogen and oxygen atoms in total. The van der Waals surface area contributed by atoms with Gasteiger partial charge in [0.15, 0.2) is 0 Å². The van der Waals surface area contributed by atoms with E-state index < -0.39 is 0 Å². The summed E-state index contributed by atoms with van der Waals surface area (Å²) in [5.41, 5.74) is 1.30.